The van der Waals surface area contributed by atoms with Crippen molar-refractivity contribution < 1.29 is 4.42 Å². The van der Waals surface area contributed by atoms with E-state index in [2.05, 4.69) is 38.8 Å². The number of nitrogens with one attached hydrogen (secondary N) is 1. The van der Waals surface area contributed by atoms with Gasteiger partial charge in [0.25, 0.3) is 0 Å². The van der Waals surface area contributed by atoms with Crippen LogP contribution in [0.15, 0.2) is 38.5 Å². The number of hydrogen-bond donors (Lipinski definition) is 1. The average Bonchev–Trinajstić information content (AvgIpc) is 3.17. The maximum Gasteiger partial charge on any atom is 0.154 e. The van der Waals surface area contributed by atoms with Gasteiger partial charge in [-0.25, -0.2) is 4.98 Å². The lowest BCUT2D eigenvalue weighted by Crippen LogP contribution is -2.12. The Hall–Kier alpha value is -1.17. The number of hydrogen-bond acceptors (Lipinski definition) is 4. The van der Waals surface area contributed by atoms with Gasteiger partial charge in [0.1, 0.15) is 16.3 Å². The van der Waals surface area contributed by atoms with E-state index < -0.39 is 0 Å². The van der Waals surface area contributed by atoms with Gasteiger partial charge in [0.15, 0.2) is 5.76 Å². The van der Waals surface area contributed by atoms with Crippen molar-refractivity contribution in [2.24, 2.45) is 0 Å². The molecule has 1 N–H and O–H groups in total. The molecule has 5 heteroatoms. The van der Waals surface area contributed by atoms with E-state index >= 15 is 0 Å². The van der Waals surface area contributed by atoms with Gasteiger partial charge in [-0.1, -0.05) is 15.9 Å². The lowest BCUT2D eigenvalue weighted by molar-refractivity contribution is 0.623. The number of rotatable bonds is 2. The summed E-state index contributed by atoms with van der Waals surface area (Å²) in [5.41, 5.74) is 1.84. The minimum absolute atomic E-state index is 0.423. The average molecular weight is 349 g/mol. The van der Waals surface area contributed by atoms with Crippen LogP contribution in [-0.2, 0) is 0 Å². The van der Waals surface area contributed by atoms with E-state index in [0.29, 0.717) is 6.04 Å². The van der Waals surface area contributed by atoms with Crippen molar-refractivity contribution in [3.63, 3.8) is 0 Å². The molecule has 0 saturated carbocycles. The second kappa shape index (κ2) is 4.98. The molecule has 1 atom stereocenters. The molecule has 2 aromatic heterocycles. The zero-order chi connectivity index (χ0) is 13.5. The fourth-order valence-corrected chi connectivity index (χ4v) is 3.89. The predicted molar refractivity (Wildman–Crippen MR) is 85.0 cm³/mol. The lowest BCUT2D eigenvalue weighted by Gasteiger charge is -2.03. The van der Waals surface area contributed by atoms with Crippen molar-refractivity contribution in [3.8, 4) is 11.5 Å². The van der Waals surface area contributed by atoms with Crippen LogP contribution < -0.4 is 5.32 Å². The summed E-state index contributed by atoms with van der Waals surface area (Å²) >= 11 is 5.20. The highest BCUT2D eigenvalue weighted by atomic mass is 79.9. The van der Waals surface area contributed by atoms with E-state index in [1.807, 2.05) is 12.1 Å². The van der Waals surface area contributed by atoms with Gasteiger partial charge in [-0.05, 0) is 43.7 Å². The highest BCUT2D eigenvalue weighted by molar-refractivity contribution is 9.10. The number of furan rings is 1. The second-order valence-electron chi connectivity index (χ2n) is 5.01. The van der Waals surface area contributed by atoms with Crippen molar-refractivity contribution in [1.29, 1.82) is 0 Å². The monoisotopic (exact) mass is 348 g/mol. The Kier molecular flexibility index (Phi) is 3.13. The van der Waals surface area contributed by atoms with Crippen LogP contribution in [0.2, 0.25) is 0 Å². The maximum atomic E-state index is 5.89. The number of halogens is 1. The summed E-state index contributed by atoms with van der Waals surface area (Å²) in [5, 5.41) is 7.83. The molecule has 1 saturated heterocycles. The third-order valence-corrected chi connectivity index (χ3v) is 5.06. The molecule has 0 spiro atoms. The summed E-state index contributed by atoms with van der Waals surface area (Å²) in [6, 6.07) is 8.52. The molecule has 20 heavy (non-hydrogen) atoms. The fraction of sp³-hybridized carbons (Fsp3) is 0.267. The topological polar surface area (TPSA) is 38.1 Å². The normalized spacial score (nSPS) is 18.9. The fourth-order valence-electron chi connectivity index (χ4n) is 2.60. The Balaban J connectivity index is 1.71. The molecule has 0 bridgehead atoms. The summed E-state index contributed by atoms with van der Waals surface area (Å²) in [6.45, 7) is 1.10. The largest absolute Gasteiger partial charge is 0.454 e. The second-order valence-corrected chi connectivity index (χ2v) is 6.82. The molecular formula is C15H13BrN2OS. The number of thiazole rings is 1. The van der Waals surface area contributed by atoms with Crippen LogP contribution in [-0.4, -0.2) is 11.5 Å². The Morgan fingerprint density at radius 1 is 1.35 bits per heavy atom. The van der Waals surface area contributed by atoms with Crippen LogP contribution in [0.1, 0.15) is 23.9 Å². The van der Waals surface area contributed by atoms with Crippen LogP contribution >= 0.6 is 27.3 Å². The van der Waals surface area contributed by atoms with E-state index in [9.17, 15) is 0 Å². The Bertz CT molecular complexity index is 758. The van der Waals surface area contributed by atoms with Gasteiger partial charge in [0, 0.05) is 15.2 Å². The highest BCUT2D eigenvalue weighted by Gasteiger charge is 2.20. The first-order valence-corrected chi connectivity index (χ1v) is 8.35. The van der Waals surface area contributed by atoms with Crippen molar-refractivity contribution in [1.82, 2.24) is 10.3 Å². The van der Waals surface area contributed by atoms with Gasteiger partial charge in [0.05, 0.1) is 6.04 Å². The Morgan fingerprint density at radius 2 is 2.30 bits per heavy atom. The maximum absolute atomic E-state index is 5.89. The van der Waals surface area contributed by atoms with Gasteiger partial charge in [-0.3, -0.25) is 0 Å². The summed E-state index contributed by atoms with van der Waals surface area (Å²) in [4.78, 5) is 4.73. The van der Waals surface area contributed by atoms with Gasteiger partial charge in [-0.15, -0.1) is 11.3 Å². The quantitative estimate of drug-likeness (QED) is 0.726. The van der Waals surface area contributed by atoms with Crippen LogP contribution in [0.4, 0.5) is 0 Å². The lowest BCUT2D eigenvalue weighted by atomic mass is 10.2. The van der Waals surface area contributed by atoms with E-state index in [0.717, 1.165) is 33.4 Å². The standard InChI is InChI=1S/C15H13BrN2OS/c16-10-3-4-13-9(6-10)7-14(19-13)12-8-20-15(18-12)11-2-1-5-17-11/h3-4,6-8,11,17H,1-2,5H2. The Morgan fingerprint density at radius 3 is 3.15 bits per heavy atom. The number of nitrogens with zero attached hydrogens (tertiary/aromatic N) is 1. The van der Waals surface area contributed by atoms with Crippen LogP contribution in [0, 0.1) is 0 Å². The number of aromatic nitrogens is 1. The first-order valence-electron chi connectivity index (χ1n) is 6.68. The molecule has 1 aliphatic rings. The minimum atomic E-state index is 0.423. The zero-order valence-corrected chi connectivity index (χ0v) is 13.1. The molecule has 3 heterocycles. The summed E-state index contributed by atoms with van der Waals surface area (Å²) in [7, 11) is 0. The summed E-state index contributed by atoms with van der Waals surface area (Å²) in [6.07, 6.45) is 2.41. The van der Waals surface area contributed by atoms with Gasteiger partial charge < -0.3 is 9.73 Å². The smallest absolute Gasteiger partial charge is 0.154 e. The molecule has 1 fully saturated rings. The first-order chi connectivity index (χ1) is 9.79. The summed E-state index contributed by atoms with van der Waals surface area (Å²) < 4.78 is 6.95. The molecule has 4 rings (SSSR count). The highest BCUT2D eigenvalue weighted by Crippen LogP contribution is 2.33. The zero-order valence-electron chi connectivity index (χ0n) is 10.7. The molecule has 3 nitrogen and oxygen atoms in total. The SMILES string of the molecule is Brc1ccc2oc(-c3csc(C4CCCN4)n3)cc2c1. The van der Waals surface area contributed by atoms with Gasteiger partial charge in [-0.2, -0.15) is 0 Å². The molecule has 102 valence electrons. The number of benzene rings is 1. The van der Waals surface area contributed by atoms with E-state index in [4.69, 9.17) is 9.40 Å². The third kappa shape index (κ3) is 2.20. The molecule has 1 unspecified atom stereocenters. The molecule has 0 radical (unpaired) electrons. The van der Waals surface area contributed by atoms with Crippen molar-refractivity contribution in [3.05, 3.63) is 39.1 Å². The van der Waals surface area contributed by atoms with Crippen LogP contribution in [0.25, 0.3) is 22.4 Å². The Labute approximate surface area is 129 Å². The summed E-state index contributed by atoms with van der Waals surface area (Å²) in [5.74, 6) is 0.846. The minimum Gasteiger partial charge on any atom is -0.454 e. The van der Waals surface area contributed by atoms with Crippen molar-refractivity contribution in [2.75, 3.05) is 6.54 Å². The predicted octanol–water partition coefficient (Wildman–Crippen LogP) is 4.74. The van der Waals surface area contributed by atoms with Gasteiger partial charge >= 0.3 is 0 Å². The molecule has 1 aliphatic heterocycles. The molecular weight excluding hydrogens is 336 g/mol. The van der Waals surface area contributed by atoms with E-state index in [1.165, 1.54) is 17.8 Å². The first kappa shape index (κ1) is 12.6. The van der Waals surface area contributed by atoms with Crippen molar-refractivity contribution >= 4 is 38.2 Å². The molecule has 0 aliphatic carbocycles. The number of fused-ring (bicyclic) bond motifs is 1. The van der Waals surface area contributed by atoms with Gasteiger partial charge in [0.2, 0.25) is 0 Å². The third-order valence-electron chi connectivity index (χ3n) is 3.61. The molecule has 0 amide bonds. The molecule has 3 aromatic rings. The van der Waals surface area contributed by atoms with E-state index in [-0.39, 0.29) is 0 Å². The van der Waals surface area contributed by atoms with E-state index in [1.54, 1.807) is 11.3 Å². The van der Waals surface area contributed by atoms with Crippen LogP contribution in [0.3, 0.4) is 0 Å². The molecule has 1 aromatic carbocycles. The van der Waals surface area contributed by atoms with Crippen molar-refractivity contribution in [2.45, 2.75) is 18.9 Å². The van der Waals surface area contributed by atoms with Crippen LogP contribution in [0.5, 0.6) is 0 Å².